The molecule has 0 amide bonds. The maximum absolute atomic E-state index is 12.4. The normalized spacial score (nSPS) is 18.5. The molecule has 1 aliphatic carbocycles. The third-order valence-electron chi connectivity index (χ3n) is 2.77. The molecule has 1 fully saturated rings. The molecule has 3 nitrogen and oxygen atoms in total. The maximum atomic E-state index is 12.4. The van der Waals surface area contributed by atoms with E-state index in [0.717, 1.165) is 17.3 Å². The summed E-state index contributed by atoms with van der Waals surface area (Å²) in [5.41, 5.74) is 0. The highest BCUT2D eigenvalue weighted by atomic mass is 79.9. The fourth-order valence-corrected chi connectivity index (χ4v) is 4.12. The highest BCUT2D eigenvalue weighted by Gasteiger charge is 2.42. The lowest BCUT2D eigenvalue weighted by Crippen LogP contribution is -2.29. The number of ether oxygens (including phenoxy) is 1. The van der Waals surface area contributed by atoms with Gasteiger partial charge in [-0.25, -0.2) is 0 Å². The van der Waals surface area contributed by atoms with Crippen molar-refractivity contribution in [1.82, 2.24) is 0 Å². The summed E-state index contributed by atoms with van der Waals surface area (Å²) in [6.07, 6.45) is 1.91. The highest BCUT2D eigenvalue weighted by Crippen LogP contribution is 2.38. The third-order valence-corrected chi connectivity index (χ3v) is 5.55. The number of methoxy groups -OCH3 is 1. The first-order valence-electron chi connectivity index (χ1n) is 5.38. The Balaban J connectivity index is 2.28. The second kappa shape index (κ2) is 5.31. The minimum Gasteiger partial charge on any atom is -0.468 e. The Morgan fingerprint density at radius 2 is 2.12 bits per heavy atom. The zero-order chi connectivity index (χ0) is 12.4. The van der Waals surface area contributed by atoms with Crippen LogP contribution in [0.1, 0.15) is 12.8 Å². The van der Waals surface area contributed by atoms with Crippen molar-refractivity contribution in [3.05, 3.63) is 28.7 Å². The van der Waals surface area contributed by atoms with Crippen molar-refractivity contribution in [2.24, 2.45) is 5.92 Å². The predicted molar refractivity (Wildman–Crippen MR) is 69.1 cm³/mol. The Morgan fingerprint density at radius 1 is 1.47 bits per heavy atom. The van der Waals surface area contributed by atoms with Crippen molar-refractivity contribution in [2.45, 2.75) is 23.0 Å². The Hall–Kier alpha value is -0.680. The summed E-state index contributed by atoms with van der Waals surface area (Å²) in [6, 6.07) is 7.28. The van der Waals surface area contributed by atoms with Gasteiger partial charge in [-0.3, -0.25) is 9.00 Å². The van der Waals surface area contributed by atoms with Crippen LogP contribution in [0, 0.1) is 5.92 Å². The molecule has 2 atom stereocenters. The quantitative estimate of drug-likeness (QED) is 0.802. The van der Waals surface area contributed by atoms with Gasteiger partial charge in [0.2, 0.25) is 0 Å². The Kier molecular flexibility index (Phi) is 3.99. The molecule has 2 unspecified atom stereocenters. The van der Waals surface area contributed by atoms with Crippen molar-refractivity contribution in [3.63, 3.8) is 0 Å². The smallest absolute Gasteiger partial charge is 0.322 e. The molecule has 1 aromatic rings. The van der Waals surface area contributed by atoms with E-state index in [1.165, 1.54) is 7.11 Å². The van der Waals surface area contributed by atoms with E-state index in [-0.39, 0.29) is 11.9 Å². The number of benzene rings is 1. The van der Waals surface area contributed by atoms with Crippen LogP contribution in [0.3, 0.4) is 0 Å². The molecular weight excluding hydrogens is 304 g/mol. The molecule has 2 rings (SSSR count). The lowest BCUT2D eigenvalue weighted by molar-refractivity contribution is -0.140. The molecule has 0 aliphatic heterocycles. The SMILES string of the molecule is COC(=O)C(C1CC1)S(=O)c1ccccc1Br. The first-order chi connectivity index (χ1) is 8.15. The molecule has 0 spiro atoms. The molecule has 1 aromatic carbocycles. The summed E-state index contributed by atoms with van der Waals surface area (Å²) in [7, 11) is -0.00955. The summed E-state index contributed by atoms with van der Waals surface area (Å²) in [6.45, 7) is 0. The van der Waals surface area contributed by atoms with Gasteiger partial charge < -0.3 is 4.74 Å². The fraction of sp³-hybridized carbons (Fsp3) is 0.417. The van der Waals surface area contributed by atoms with Gasteiger partial charge in [0.15, 0.2) is 0 Å². The van der Waals surface area contributed by atoms with Crippen LogP contribution in [-0.2, 0) is 20.3 Å². The molecule has 0 saturated heterocycles. The number of esters is 1. The lowest BCUT2D eigenvalue weighted by Gasteiger charge is -2.14. The van der Waals surface area contributed by atoms with Gasteiger partial charge in [-0.1, -0.05) is 12.1 Å². The lowest BCUT2D eigenvalue weighted by atomic mass is 10.3. The third kappa shape index (κ3) is 2.77. The first kappa shape index (κ1) is 12.8. The topological polar surface area (TPSA) is 43.4 Å². The van der Waals surface area contributed by atoms with E-state index in [1.807, 2.05) is 18.2 Å². The van der Waals surface area contributed by atoms with E-state index in [1.54, 1.807) is 6.07 Å². The molecule has 0 bridgehead atoms. The van der Waals surface area contributed by atoms with Crippen LogP contribution >= 0.6 is 15.9 Å². The van der Waals surface area contributed by atoms with Crippen molar-refractivity contribution in [1.29, 1.82) is 0 Å². The number of carbonyl (C=O) groups excluding carboxylic acids is 1. The van der Waals surface area contributed by atoms with E-state index in [4.69, 9.17) is 4.74 Å². The van der Waals surface area contributed by atoms with E-state index < -0.39 is 16.0 Å². The van der Waals surface area contributed by atoms with Crippen molar-refractivity contribution < 1.29 is 13.7 Å². The van der Waals surface area contributed by atoms with Crippen molar-refractivity contribution in [2.75, 3.05) is 7.11 Å². The van der Waals surface area contributed by atoms with E-state index >= 15 is 0 Å². The summed E-state index contributed by atoms with van der Waals surface area (Å²) < 4.78 is 17.9. The molecular formula is C12H13BrO3S. The second-order valence-corrected chi connectivity index (χ2v) is 6.41. The Bertz CT molecular complexity index is 457. The van der Waals surface area contributed by atoms with Crippen LogP contribution in [0.25, 0.3) is 0 Å². The second-order valence-electron chi connectivity index (χ2n) is 4.01. The van der Waals surface area contributed by atoms with Gasteiger partial charge in [0.05, 0.1) is 22.8 Å². The van der Waals surface area contributed by atoms with Crippen molar-refractivity contribution in [3.8, 4) is 0 Å². The monoisotopic (exact) mass is 316 g/mol. The van der Waals surface area contributed by atoms with Crippen LogP contribution in [0.4, 0.5) is 0 Å². The number of hydrogen-bond acceptors (Lipinski definition) is 3. The average molecular weight is 317 g/mol. The summed E-state index contributed by atoms with van der Waals surface area (Å²) in [5, 5.41) is -0.529. The van der Waals surface area contributed by atoms with Crippen molar-refractivity contribution >= 4 is 32.7 Å². The van der Waals surface area contributed by atoms with Gasteiger partial charge >= 0.3 is 5.97 Å². The molecule has 0 aromatic heterocycles. The fourth-order valence-electron chi connectivity index (χ4n) is 1.71. The van der Waals surface area contributed by atoms with Crippen LogP contribution in [0.2, 0.25) is 0 Å². The van der Waals surface area contributed by atoms with Gasteiger partial charge in [0.1, 0.15) is 5.25 Å². The molecule has 1 aliphatic rings. The maximum Gasteiger partial charge on any atom is 0.322 e. The standard InChI is InChI=1S/C12H13BrO3S/c1-16-12(14)11(8-6-7-8)17(15)10-5-3-2-4-9(10)13/h2-5,8,11H,6-7H2,1H3. The first-order valence-corrected chi connectivity index (χ1v) is 7.38. The molecule has 92 valence electrons. The number of rotatable bonds is 4. The number of hydrogen-bond donors (Lipinski definition) is 0. The molecule has 0 heterocycles. The minimum absolute atomic E-state index is 0.204. The molecule has 17 heavy (non-hydrogen) atoms. The zero-order valence-corrected chi connectivity index (χ0v) is 11.8. The van der Waals surface area contributed by atoms with Gasteiger partial charge in [-0.05, 0) is 46.8 Å². The molecule has 5 heteroatoms. The minimum atomic E-state index is -1.35. The largest absolute Gasteiger partial charge is 0.468 e. The van der Waals surface area contributed by atoms with E-state index in [2.05, 4.69) is 15.9 Å². The summed E-state index contributed by atoms with van der Waals surface area (Å²) >= 11 is 3.36. The Labute approximate surface area is 111 Å². The molecule has 0 N–H and O–H groups in total. The molecule has 1 saturated carbocycles. The van der Waals surface area contributed by atoms with Gasteiger partial charge in [-0.2, -0.15) is 0 Å². The summed E-state index contributed by atoms with van der Waals surface area (Å²) in [4.78, 5) is 12.4. The van der Waals surface area contributed by atoms with E-state index in [9.17, 15) is 9.00 Å². The molecule has 0 radical (unpaired) electrons. The van der Waals surface area contributed by atoms with Gasteiger partial charge in [0, 0.05) is 4.47 Å². The highest BCUT2D eigenvalue weighted by molar-refractivity contribution is 9.10. The Morgan fingerprint density at radius 3 is 2.65 bits per heavy atom. The predicted octanol–water partition coefficient (Wildman–Crippen LogP) is 2.51. The van der Waals surface area contributed by atoms with Crippen LogP contribution < -0.4 is 0 Å². The van der Waals surface area contributed by atoms with E-state index in [0.29, 0.717) is 4.90 Å². The van der Waals surface area contributed by atoms with Crippen LogP contribution in [-0.4, -0.2) is 22.5 Å². The van der Waals surface area contributed by atoms with Gasteiger partial charge in [-0.15, -0.1) is 0 Å². The van der Waals surface area contributed by atoms with Crippen LogP contribution in [0.15, 0.2) is 33.6 Å². The average Bonchev–Trinajstić information content (AvgIpc) is 3.14. The zero-order valence-electron chi connectivity index (χ0n) is 9.39. The summed E-state index contributed by atoms with van der Waals surface area (Å²) in [5.74, 6) is -0.169. The van der Waals surface area contributed by atoms with Crippen LogP contribution in [0.5, 0.6) is 0 Å². The number of halogens is 1. The number of carbonyl (C=O) groups is 1. The van der Waals surface area contributed by atoms with Gasteiger partial charge in [0.25, 0.3) is 0 Å².